The van der Waals surface area contributed by atoms with Gasteiger partial charge < -0.3 is 14.8 Å². The van der Waals surface area contributed by atoms with E-state index in [1.165, 1.54) is 19.2 Å². The number of carbonyl (C=O) groups excluding carboxylic acids is 3. The van der Waals surface area contributed by atoms with Crippen LogP contribution < -0.4 is 5.32 Å². The highest BCUT2D eigenvalue weighted by molar-refractivity contribution is 9.10. The van der Waals surface area contributed by atoms with Crippen LogP contribution in [0.4, 0.5) is 5.69 Å². The van der Waals surface area contributed by atoms with Crippen molar-refractivity contribution in [3.8, 4) is 11.3 Å². The number of anilines is 1. The average molecular weight is 458 g/mol. The van der Waals surface area contributed by atoms with Crippen LogP contribution in [0, 0.1) is 0 Å². The first-order valence-corrected chi connectivity index (χ1v) is 9.22. The van der Waals surface area contributed by atoms with Gasteiger partial charge in [-0.2, -0.15) is 5.10 Å². The molecule has 0 aliphatic heterocycles. The van der Waals surface area contributed by atoms with Crippen molar-refractivity contribution >= 4 is 39.5 Å². The number of carbonyl (C=O) groups is 3. The molecule has 0 aliphatic rings. The Hall–Kier alpha value is -3.46. The van der Waals surface area contributed by atoms with Crippen molar-refractivity contribution < 1.29 is 23.9 Å². The zero-order valence-corrected chi connectivity index (χ0v) is 16.9. The van der Waals surface area contributed by atoms with E-state index in [1.54, 1.807) is 18.2 Å². The maximum absolute atomic E-state index is 12.1. The molecule has 0 radical (unpaired) electrons. The fourth-order valence-corrected chi connectivity index (χ4v) is 2.67. The number of aromatic nitrogens is 2. The van der Waals surface area contributed by atoms with Gasteiger partial charge in [-0.1, -0.05) is 28.1 Å². The standard InChI is InChI=1S/C20H16BrN3O5/c1-28-19(26)13-4-8-15(9-5-13)22-18(25)11-29-20(27)17-10-16(23-24-17)12-2-6-14(21)7-3-12/h2-10H,11H2,1H3,(H,22,25)(H,23,24). The summed E-state index contributed by atoms with van der Waals surface area (Å²) < 4.78 is 10.5. The van der Waals surface area contributed by atoms with Crippen LogP contribution in [0.3, 0.4) is 0 Å². The zero-order valence-electron chi connectivity index (χ0n) is 15.3. The predicted molar refractivity (Wildman–Crippen MR) is 108 cm³/mol. The molecular weight excluding hydrogens is 442 g/mol. The van der Waals surface area contributed by atoms with Gasteiger partial charge in [-0.15, -0.1) is 0 Å². The highest BCUT2D eigenvalue weighted by Gasteiger charge is 2.14. The van der Waals surface area contributed by atoms with Gasteiger partial charge in [0.25, 0.3) is 5.91 Å². The van der Waals surface area contributed by atoms with E-state index in [4.69, 9.17) is 4.74 Å². The van der Waals surface area contributed by atoms with E-state index < -0.39 is 24.5 Å². The van der Waals surface area contributed by atoms with Crippen LogP contribution in [0.25, 0.3) is 11.3 Å². The number of aromatic amines is 1. The van der Waals surface area contributed by atoms with Crippen LogP contribution >= 0.6 is 15.9 Å². The van der Waals surface area contributed by atoms with Gasteiger partial charge in [0.15, 0.2) is 6.61 Å². The van der Waals surface area contributed by atoms with Crippen LogP contribution in [0.15, 0.2) is 59.1 Å². The van der Waals surface area contributed by atoms with Crippen molar-refractivity contribution in [3.63, 3.8) is 0 Å². The Labute approximate surface area is 174 Å². The quantitative estimate of drug-likeness (QED) is 0.548. The number of methoxy groups -OCH3 is 1. The zero-order chi connectivity index (χ0) is 20.8. The van der Waals surface area contributed by atoms with E-state index in [-0.39, 0.29) is 5.69 Å². The van der Waals surface area contributed by atoms with E-state index in [1.807, 2.05) is 24.3 Å². The number of halogens is 1. The van der Waals surface area contributed by atoms with E-state index in [0.717, 1.165) is 10.0 Å². The third-order valence-electron chi connectivity index (χ3n) is 3.86. The monoisotopic (exact) mass is 457 g/mol. The summed E-state index contributed by atoms with van der Waals surface area (Å²) in [6, 6.07) is 15.1. The molecule has 0 spiro atoms. The summed E-state index contributed by atoms with van der Waals surface area (Å²) in [4.78, 5) is 35.5. The van der Waals surface area contributed by atoms with Crippen molar-refractivity contribution in [2.75, 3.05) is 19.0 Å². The summed E-state index contributed by atoms with van der Waals surface area (Å²) in [5.41, 5.74) is 2.37. The van der Waals surface area contributed by atoms with Crippen molar-refractivity contribution in [2.24, 2.45) is 0 Å². The third kappa shape index (κ3) is 5.29. The first kappa shape index (κ1) is 20.3. The molecule has 0 atom stereocenters. The van der Waals surface area contributed by atoms with Crippen LogP contribution in [0.5, 0.6) is 0 Å². The number of H-pyrrole nitrogens is 1. The molecule has 9 heteroatoms. The molecule has 0 bridgehead atoms. The number of ether oxygens (including phenoxy) is 2. The lowest BCUT2D eigenvalue weighted by Gasteiger charge is -2.06. The Balaban J connectivity index is 1.53. The minimum absolute atomic E-state index is 0.137. The fourth-order valence-electron chi connectivity index (χ4n) is 2.41. The first-order chi connectivity index (χ1) is 14.0. The van der Waals surface area contributed by atoms with Gasteiger partial charge >= 0.3 is 11.9 Å². The highest BCUT2D eigenvalue weighted by atomic mass is 79.9. The highest BCUT2D eigenvalue weighted by Crippen LogP contribution is 2.20. The third-order valence-corrected chi connectivity index (χ3v) is 4.39. The second-order valence-corrected chi connectivity index (χ2v) is 6.78. The number of amides is 1. The van der Waals surface area contributed by atoms with Gasteiger partial charge in [0.05, 0.1) is 18.4 Å². The molecule has 2 aromatic carbocycles. The maximum atomic E-state index is 12.1. The SMILES string of the molecule is COC(=O)c1ccc(NC(=O)COC(=O)c2cc(-c3ccc(Br)cc3)n[nH]2)cc1. The van der Waals surface area contributed by atoms with Crippen LogP contribution in [0.2, 0.25) is 0 Å². The molecule has 2 N–H and O–H groups in total. The molecule has 148 valence electrons. The van der Waals surface area contributed by atoms with Crippen molar-refractivity contribution in [2.45, 2.75) is 0 Å². The van der Waals surface area contributed by atoms with E-state index in [2.05, 4.69) is 36.2 Å². The van der Waals surface area contributed by atoms with Gasteiger partial charge in [-0.05, 0) is 42.5 Å². The molecule has 0 saturated carbocycles. The Morgan fingerprint density at radius 2 is 1.72 bits per heavy atom. The Morgan fingerprint density at radius 1 is 1.03 bits per heavy atom. The second-order valence-electron chi connectivity index (χ2n) is 5.87. The van der Waals surface area contributed by atoms with Crippen LogP contribution in [-0.4, -0.2) is 41.8 Å². The molecule has 3 rings (SSSR count). The number of nitrogens with one attached hydrogen (secondary N) is 2. The van der Waals surface area contributed by atoms with Gasteiger partial charge in [0.1, 0.15) is 5.69 Å². The predicted octanol–water partition coefficient (Wildman–Crippen LogP) is 3.42. The normalized spacial score (nSPS) is 10.3. The summed E-state index contributed by atoms with van der Waals surface area (Å²) in [5, 5.41) is 9.26. The molecule has 3 aromatic rings. The minimum Gasteiger partial charge on any atom is -0.465 e. The lowest BCUT2D eigenvalue weighted by molar-refractivity contribution is -0.119. The molecule has 0 fully saturated rings. The van der Waals surface area contributed by atoms with Gasteiger partial charge in [0, 0.05) is 15.7 Å². The molecule has 0 unspecified atom stereocenters. The van der Waals surface area contributed by atoms with Crippen molar-refractivity contribution in [3.05, 3.63) is 70.3 Å². The molecule has 1 amide bonds. The van der Waals surface area contributed by atoms with E-state index in [9.17, 15) is 14.4 Å². The molecule has 1 aromatic heterocycles. The molecular formula is C20H16BrN3O5. The lowest BCUT2D eigenvalue weighted by Crippen LogP contribution is -2.21. The summed E-state index contributed by atoms with van der Waals surface area (Å²) in [6.07, 6.45) is 0. The van der Waals surface area contributed by atoms with E-state index >= 15 is 0 Å². The Morgan fingerprint density at radius 3 is 2.38 bits per heavy atom. The number of esters is 2. The summed E-state index contributed by atoms with van der Waals surface area (Å²) in [7, 11) is 1.29. The topological polar surface area (TPSA) is 110 Å². The van der Waals surface area contributed by atoms with Crippen molar-refractivity contribution in [1.82, 2.24) is 10.2 Å². The molecule has 1 heterocycles. The number of hydrogen-bond donors (Lipinski definition) is 2. The lowest BCUT2D eigenvalue weighted by atomic mass is 10.1. The van der Waals surface area contributed by atoms with Crippen molar-refractivity contribution in [1.29, 1.82) is 0 Å². The van der Waals surface area contributed by atoms with Gasteiger partial charge in [-0.25, -0.2) is 9.59 Å². The smallest absolute Gasteiger partial charge is 0.356 e. The number of hydrogen-bond acceptors (Lipinski definition) is 6. The largest absolute Gasteiger partial charge is 0.465 e. The van der Waals surface area contributed by atoms with E-state index in [0.29, 0.717) is 16.9 Å². The summed E-state index contributed by atoms with van der Waals surface area (Å²) in [5.74, 6) is -1.69. The van der Waals surface area contributed by atoms with Gasteiger partial charge in [0.2, 0.25) is 0 Å². The second kappa shape index (κ2) is 9.16. The fraction of sp³-hybridized carbons (Fsp3) is 0.100. The Kier molecular flexibility index (Phi) is 6.40. The first-order valence-electron chi connectivity index (χ1n) is 8.43. The van der Waals surface area contributed by atoms with Crippen LogP contribution in [-0.2, 0) is 14.3 Å². The molecule has 0 saturated heterocycles. The molecule has 8 nitrogen and oxygen atoms in total. The number of benzene rings is 2. The molecule has 0 aliphatic carbocycles. The maximum Gasteiger partial charge on any atom is 0.356 e. The Bertz CT molecular complexity index is 1030. The van der Waals surface area contributed by atoms with Crippen LogP contribution in [0.1, 0.15) is 20.8 Å². The number of rotatable bonds is 6. The minimum atomic E-state index is -0.697. The molecule has 29 heavy (non-hydrogen) atoms. The number of nitrogens with zero attached hydrogens (tertiary/aromatic N) is 1. The average Bonchev–Trinajstić information content (AvgIpc) is 3.23. The summed E-state index contributed by atoms with van der Waals surface area (Å²) >= 11 is 3.36. The summed E-state index contributed by atoms with van der Waals surface area (Å²) in [6.45, 7) is -0.468. The van der Waals surface area contributed by atoms with Gasteiger partial charge in [-0.3, -0.25) is 9.89 Å².